The van der Waals surface area contributed by atoms with Gasteiger partial charge < -0.3 is 0 Å². The van der Waals surface area contributed by atoms with Crippen LogP contribution >= 0.6 is 0 Å². The molecule has 0 fully saturated rings. The summed E-state index contributed by atoms with van der Waals surface area (Å²) in [6, 6.07) is 12.0. The third kappa shape index (κ3) is 1.38. The van der Waals surface area contributed by atoms with Crippen LogP contribution in [0.4, 0.5) is 0 Å². The smallest absolute Gasteiger partial charge is 0.116 e. The Kier molecular flexibility index (Phi) is 1.75. The molecule has 0 amide bonds. The maximum Gasteiger partial charge on any atom is 0.116 e. The average Bonchev–Trinajstić information content (AvgIpc) is 2.82. The fourth-order valence-corrected chi connectivity index (χ4v) is 1.57. The molecule has 3 rings (SSSR count). The van der Waals surface area contributed by atoms with Crippen LogP contribution in [0.15, 0.2) is 47.6 Å². The number of rotatable bonds is 1. The largest absolute Gasteiger partial charge is 0.246 e. The number of para-hydroxylation sites is 1. The highest BCUT2D eigenvalue weighted by atomic mass is 15.0. The second kappa shape index (κ2) is 3.20. The van der Waals surface area contributed by atoms with Crippen molar-refractivity contribution in [3.05, 3.63) is 48.3 Å². The van der Waals surface area contributed by atoms with Crippen molar-refractivity contribution < 1.29 is 0 Å². The first-order chi connectivity index (χ1) is 7.43. The monoisotopic (exact) mass is 194 g/mol. The summed E-state index contributed by atoms with van der Waals surface area (Å²) in [7, 11) is 0. The van der Waals surface area contributed by atoms with Crippen molar-refractivity contribution >= 4 is 22.9 Å². The molecule has 1 aliphatic heterocycles. The molecule has 0 saturated carbocycles. The van der Waals surface area contributed by atoms with Crippen molar-refractivity contribution in [2.75, 3.05) is 0 Å². The summed E-state index contributed by atoms with van der Waals surface area (Å²) in [5.41, 5.74) is 2.67. The van der Waals surface area contributed by atoms with Crippen molar-refractivity contribution in [1.82, 2.24) is 10.3 Å². The first kappa shape index (κ1) is 8.17. The predicted molar refractivity (Wildman–Crippen MR) is 60.3 cm³/mol. The van der Waals surface area contributed by atoms with E-state index in [1.807, 2.05) is 36.4 Å². The minimum Gasteiger partial charge on any atom is -0.246 e. The van der Waals surface area contributed by atoms with E-state index in [0.717, 1.165) is 22.3 Å². The van der Waals surface area contributed by atoms with Crippen molar-refractivity contribution in [2.24, 2.45) is 4.99 Å². The van der Waals surface area contributed by atoms with E-state index in [1.165, 1.54) is 6.34 Å². The van der Waals surface area contributed by atoms with Gasteiger partial charge in [-0.1, -0.05) is 24.3 Å². The molecule has 1 aliphatic rings. The maximum atomic E-state index is 4.52. The second-order valence-electron chi connectivity index (χ2n) is 3.30. The number of hydrogen-bond donors (Lipinski definition) is 0. The van der Waals surface area contributed by atoms with Gasteiger partial charge in [-0.2, -0.15) is 0 Å². The Hall–Kier alpha value is -2.16. The molecule has 3 nitrogen and oxygen atoms in total. The van der Waals surface area contributed by atoms with Crippen molar-refractivity contribution in [3.63, 3.8) is 0 Å². The van der Waals surface area contributed by atoms with Gasteiger partial charge >= 0.3 is 0 Å². The topological polar surface area (TPSA) is 39.4 Å². The molecule has 0 bridgehead atoms. The summed E-state index contributed by atoms with van der Waals surface area (Å²) in [6.07, 6.45) is 3.25. The van der Waals surface area contributed by atoms with E-state index >= 15 is 0 Å². The van der Waals surface area contributed by atoms with Gasteiger partial charge in [0.25, 0.3) is 0 Å². The van der Waals surface area contributed by atoms with Crippen LogP contribution in [0.1, 0.15) is 5.69 Å². The number of pyridine rings is 1. The van der Waals surface area contributed by atoms with Gasteiger partial charge in [-0.05, 0) is 12.1 Å². The molecule has 0 saturated heterocycles. The Morgan fingerprint density at radius 2 is 1.87 bits per heavy atom. The molecule has 2 heterocycles. The van der Waals surface area contributed by atoms with Crippen molar-refractivity contribution in [3.8, 4) is 0 Å². The van der Waals surface area contributed by atoms with Gasteiger partial charge in [-0.3, -0.25) is 0 Å². The van der Waals surface area contributed by atoms with E-state index in [9.17, 15) is 0 Å². The molecule has 71 valence electrons. The SMILES string of the molecule is C1=NC(c2ccc3ccccc3n2)=C[N]1. The minimum absolute atomic E-state index is 0.820. The zero-order chi connectivity index (χ0) is 10.1. The number of aliphatic imine (C=N–C) groups is 1. The number of nitrogens with zero attached hydrogens (tertiary/aromatic N) is 3. The molecule has 3 heteroatoms. The lowest BCUT2D eigenvalue weighted by atomic mass is 10.2. The van der Waals surface area contributed by atoms with E-state index in [1.54, 1.807) is 6.20 Å². The van der Waals surface area contributed by atoms with E-state index in [4.69, 9.17) is 0 Å². The Bertz CT molecular complexity index is 570. The standard InChI is InChI=1S/C12H8N3/c1-2-4-10-9(3-1)5-6-11(15-10)12-7-13-8-14-12/h1-8H. The number of aromatic nitrogens is 1. The lowest BCUT2D eigenvalue weighted by molar-refractivity contribution is 1.31. The number of benzene rings is 1. The van der Waals surface area contributed by atoms with Gasteiger partial charge in [0.1, 0.15) is 12.0 Å². The molecule has 15 heavy (non-hydrogen) atoms. The number of hydrogen-bond acceptors (Lipinski definition) is 2. The highest BCUT2D eigenvalue weighted by Crippen LogP contribution is 2.19. The minimum atomic E-state index is 0.820. The highest BCUT2D eigenvalue weighted by molar-refractivity contribution is 5.83. The Morgan fingerprint density at radius 1 is 0.933 bits per heavy atom. The Balaban J connectivity index is 2.17. The number of fused-ring (bicyclic) bond motifs is 1. The summed E-state index contributed by atoms with van der Waals surface area (Å²) in [5.74, 6) is 0. The molecule has 1 aromatic heterocycles. The average molecular weight is 194 g/mol. The van der Waals surface area contributed by atoms with Gasteiger partial charge in [0, 0.05) is 5.39 Å². The quantitative estimate of drug-likeness (QED) is 0.685. The molecule has 0 unspecified atom stereocenters. The van der Waals surface area contributed by atoms with Crippen LogP contribution in [0.3, 0.4) is 0 Å². The van der Waals surface area contributed by atoms with Crippen LogP contribution in [0.5, 0.6) is 0 Å². The first-order valence-electron chi connectivity index (χ1n) is 4.72. The van der Waals surface area contributed by atoms with Crippen molar-refractivity contribution in [2.45, 2.75) is 0 Å². The van der Waals surface area contributed by atoms with E-state index in [0.29, 0.717) is 0 Å². The molecular weight excluding hydrogens is 186 g/mol. The lowest BCUT2D eigenvalue weighted by Gasteiger charge is -2.00. The van der Waals surface area contributed by atoms with Gasteiger partial charge in [0.15, 0.2) is 0 Å². The first-order valence-corrected chi connectivity index (χ1v) is 4.72. The second-order valence-corrected chi connectivity index (χ2v) is 3.30. The molecule has 1 aromatic carbocycles. The summed E-state index contributed by atoms with van der Waals surface area (Å²) < 4.78 is 0. The van der Waals surface area contributed by atoms with Gasteiger partial charge in [0.05, 0.1) is 17.4 Å². The van der Waals surface area contributed by atoms with Gasteiger partial charge in [0.2, 0.25) is 0 Å². The van der Waals surface area contributed by atoms with Crippen LogP contribution in [-0.4, -0.2) is 11.3 Å². The zero-order valence-corrected chi connectivity index (χ0v) is 7.96. The van der Waals surface area contributed by atoms with E-state index in [2.05, 4.69) is 15.3 Å². The third-order valence-corrected chi connectivity index (χ3v) is 2.32. The van der Waals surface area contributed by atoms with Crippen LogP contribution in [-0.2, 0) is 0 Å². The summed E-state index contributed by atoms with van der Waals surface area (Å²) in [4.78, 5) is 8.63. The van der Waals surface area contributed by atoms with E-state index in [-0.39, 0.29) is 0 Å². The Labute approximate surface area is 87.2 Å². The van der Waals surface area contributed by atoms with Crippen LogP contribution < -0.4 is 5.32 Å². The molecule has 0 spiro atoms. The maximum absolute atomic E-state index is 4.52. The molecule has 0 atom stereocenters. The molecule has 0 aliphatic carbocycles. The molecular formula is C12H8N3. The van der Waals surface area contributed by atoms with Crippen LogP contribution in [0, 0.1) is 0 Å². The predicted octanol–water partition coefficient (Wildman–Crippen LogP) is 2.18. The van der Waals surface area contributed by atoms with Gasteiger partial charge in [-0.25, -0.2) is 15.3 Å². The Morgan fingerprint density at radius 3 is 2.73 bits per heavy atom. The lowest BCUT2D eigenvalue weighted by Crippen LogP contribution is -1.87. The van der Waals surface area contributed by atoms with Crippen LogP contribution in [0.25, 0.3) is 16.6 Å². The third-order valence-electron chi connectivity index (χ3n) is 2.32. The molecule has 0 N–H and O–H groups in total. The summed E-state index contributed by atoms with van der Waals surface area (Å²) in [6.45, 7) is 0. The van der Waals surface area contributed by atoms with Crippen LogP contribution in [0.2, 0.25) is 0 Å². The molecule has 2 aromatic rings. The fraction of sp³-hybridized carbons (Fsp3) is 0. The van der Waals surface area contributed by atoms with E-state index < -0.39 is 0 Å². The normalized spacial score (nSPS) is 14.0. The summed E-state index contributed by atoms with van der Waals surface area (Å²) >= 11 is 0. The van der Waals surface area contributed by atoms with Crippen molar-refractivity contribution in [1.29, 1.82) is 0 Å². The zero-order valence-electron chi connectivity index (χ0n) is 7.96. The van der Waals surface area contributed by atoms with Gasteiger partial charge in [-0.15, -0.1) is 0 Å². The highest BCUT2D eigenvalue weighted by Gasteiger charge is 2.05. The fourth-order valence-electron chi connectivity index (χ4n) is 1.57. The summed E-state index contributed by atoms with van der Waals surface area (Å²) in [5, 5.41) is 5.07. The molecule has 1 radical (unpaired) electrons.